The van der Waals surface area contributed by atoms with Crippen LogP contribution in [0.2, 0.25) is 0 Å². The zero-order chi connectivity index (χ0) is 14.1. The van der Waals surface area contributed by atoms with Gasteiger partial charge in [0.1, 0.15) is 5.75 Å². The van der Waals surface area contributed by atoms with E-state index in [4.69, 9.17) is 4.74 Å². The average Bonchev–Trinajstić information content (AvgIpc) is 2.76. The highest BCUT2D eigenvalue weighted by Gasteiger charge is 2.30. The quantitative estimate of drug-likeness (QED) is 0.511. The lowest BCUT2D eigenvalue weighted by molar-refractivity contribution is 0.0732. The normalized spacial score (nSPS) is 12.8. The average molecular weight is 267 g/mol. The van der Waals surface area contributed by atoms with Crippen LogP contribution in [0.1, 0.15) is 31.1 Å². The van der Waals surface area contributed by atoms with Crippen molar-refractivity contribution in [2.45, 2.75) is 0 Å². The SMILES string of the molecule is O=C(Oc1cccc2c1C(=O)NC2=O)c1ccccc1. The van der Waals surface area contributed by atoms with E-state index in [0.29, 0.717) is 5.56 Å². The van der Waals surface area contributed by atoms with Crippen molar-refractivity contribution in [2.75, 3.05) is 0 Å². The Bertz CT molecular complexity index is 722. The highest BCUT2D eigenvalue weighted by atomic mass is 16.5. The summed E-state index contributed by atoms with van der Waals surface area (Å²) >= 11 is 0. The number of fused-ring (bicyclic) bond motifs is 1. The zero-order valence-corrected chi connectivity index (χ0v) is 10.3. The molecule has 0 radical (unpaired) electrons. The Labute approximate surface area is 114 Å². The summed E-state index contributed by atoms with van der Waals surface area (Å²) < 4.78 is 5.21. The van der Waals surface area contributed by atoms with Crippen molar-refractivity contribution >= 4 is 17.8 Å². The molecule has 0 bridgehead atoms. The molecule has 2 aromatic carbocycles. The molecule has 0 fully saturated rings. The monoisotopic (exact) mass is 267 g/mol. The van der Waals surface area contributed by atoms with E-state index in [1.807, 2.05) is 0 Å². The Morgan fingerprint density at radius 2 is 1.65 bits per heavy atom. The molecule has 2 aromatic rings. The summed E-state index contributed by atoms with van der Waals surface area (Å²) in [5, 5.41) is 2.17. The summed E-state index contributed by atoms with van der Waals surface area (Å²) in [5.41, 5.74) is 0.685. The molecule has 3 rings (SSSR count). The number of carbonyl (C=O) groups is 3. The fourth-order valence-electron chi connectivity index (χ4n) is 2.01. The first kappa shape index (κ1) is 12.1. The van der Waals surface area contributed by atoms with Crippen molar-refractivity contribution in [2.24, 2.45) is 0 Å². The maximum Gasteiger partial charge on any atom is 0.343 e. The van der Waals surface area contributed by atoms with Crippen LogP contribution in [0.25, 0.3) is 0 Å². The zero-order valence-electron chi connectivity index (χ0n) is 10.3. The third-order valence-electron chi connectivity index (χ3n) is 2.94. The second kappa shape index (κ2) is 4.62. The summed E-state index contributed by atoms with van der Waals surface area (Å²) in [7, 11) is 0. The molecule has 0 saturated carbocycles. The first-order chi connectivity index (χ1) is 9.66. The molecule has 0 spiro atoms. The highest BCUT2D eigenvalue weighted by Crippen LogP contribution is 2.26. The minimum Gasteiger partial charge on any atom is -0.422 e. The van der Waals surface area contributed by atoms with Gasteiger partial charge in [0.2, 0.25) is 0 Å². The summed E-state index contributed by atoms with van der Waals surface area (Å²) in [6.45, 7) is 0. The van der Waals surface area contributed by atoms with E-state index >= 15 is 0 Å². The lowest BCUT2D eigenvalue weighted by Crippen LogP contribution is -2.20. The van der Waals surface area contributed by atoms with Gasteiger partial charge in [0, 0.05) is 0 Å². The molecule has 1 aliphatic heterocycles. The molecule has 0 atom stereocenters. The fraction of sp³-hybridized carbons (Fsp3) is 0. The Morgan fingerprint density at radius 1 is 0.900 bits per heavy atom. The molecule has 1 N–H and O–H groups in total. The van der Waals surface area contributed by atoms with Crippen LogP contribution in [0.5, 0.6) is 5.75 Å². The highest BCUT2D eigenvalue weighted by molar-refractivity contribution is 6.22. The maximum atomic E-state index is 12.0. The van der Waals surface area contributed by atoms with E-state index in [9.17, 15) is 14.4 Å². The molecule has 1 heterocycles. The molecular weight excluding hydrogens is 258 g/mol. The Hall–Kier alpha value is -2.95. The van der Waals surface area contributed by atoms with E-state index in [-0.39, 0.29) is 16.9 Å². The van der Waals surface area contributed by atoms with Gasteiger partial charge in [-0.05, 0) is 24.3 Å². The molecule has 0 saturated heterocycles. The van der Waals surface area contributed by atoms with Crippen molar-refractivity contribution in [3.8, 4) is 5.75 Å². The maximum absolute atomic E-state index is 12.0. The molecule has 2 amide bonds. The summed E-state index contributed by atoms with van der Waals surface area (Å²) in [6, 6.07) is 13.0. The van der Waals surface area contributed by atoms with E-state index in [0.717, 1.165) is 0 Å². The molecular formula is C15H9NO4. The summed E-state index contributed by atoms with van der Waals surface area (Å²) in [6.07, 6.45) is 0. The minimum atomic E-state index is -0.578. The lowest BCUT2D eigenvalue weighted by atomic mass is 10.1. The summed E-state index contributed by atoms with van der Waals surface area (Å²) in [5.74, 6) is -1.53. The van der Waals surface area contributed by atoms with Gasteiger partial charge < -0.3 is 4.74 Å². The van der Waals surface area contributed by atoms with Gasteiger partial charge in [0.25, 0.3) is 11.8 Å². The van der Waals surface area contributed by atoms with Gasteiger partial charge >= 0.3 is 5.97 Å². The van der Waals surface area contributed by atoms with Crippen molar-refractivity contribution in [1.82, 2.24) is 5.32 Å². The molecule has 5 heteroatoms. The molecule has 1 aliphatic rings. The number of ether oxygens (including phenoxy) is 1. The molecule has 20 heavy (non-hydrogen) atoms. The molecule has 0 aromatic heterocycles. The predicted molar refractivity (Wildman–Crippen MR) is 69.6 cm³/mol. The lowest BCUT2D eigenvalue weighted by Gasteiger charge is -2.07. The van der Waals surface area contributed by atoms with Crippen LogP contribution in [-0.2, 0) is 0 Å². The number of esters is 1. The number of carbonyl (C=O) groups excluding carboxylic acids is 3. The van der Waals surface area contributed by atoms with Gasteiger partial charge in [-0.15, -0.1) is 0 Å². The van der Waals surface area contributed by atoms with Crippen LogP contribution in [-0.4, -0.2) is 17.8 Å². The second-order valence-electron chi connectivity index (χ2n) is 4.22. The number of hydrogen-bond donors (Lipinski definition) is 1. The van der Waals surface area contributed by atoms with Gasteiger partial charge in [-0.25, -0.2) is 4.79 Å². The predicted octanol–water partition coefficient (Wildman–Crippen LogP) is 1.79. The van der Waals surface area contributed by atoms with E-state index in [1.165, 1.54) is 12.1 Å². The van der Waals surface area contributed by atoms with Crippen molar-refractivity contribution in [1.29, 1.82) is 0 Å². The number of benzene rings is 2. The summed E-state index contributed by atoms with van der Waals surface area (Å²) in [4.78, 5) is 35.2. The molecule has 98 valence electrons. The minimum absolute atomic E-state index is 0.0831. The van der Waals surface area contributed by atoms with E-state index in [2.05, 4.69) is 5.32 Å². The standard InChI is InChI=1S/C15H9NO4/c17-13-10-7-4-8-11(12(10)14(18)16-13)20-15(19)9-5-2-1-3-6-9/h1-8H,(H,16,17,18). The molecule has 0 aliphatic carbocycles. The number of amides is 2. The van der Waals surface area contributed by atoms with E-state index in [1.54, 1.807) is 36.4 Å². The first-order valence-electron chi connectivity index (χ1n) is 5.93. The van der Waals surface area contributed by atoms with Crippen LogP contribution >= 0.6 is 0 Å². The van der Waals surface area contributed by atoms with Crippen LogP contribution in [0.3, 0.4) is 0 Å². The second-order valence-corrected chi connectivity index (χ2v) is 4.22. The van der Waals surface area contributed by atoms with Crippen LogP contribution in [0.15, 0.2) is 48.5 Å². The first-order valence-corrected chi connectivity index (χ1v) is 5.93. The number of nitrogens with one attached hydrogen (secondary N) is 1. The van der Waals surface area contributed by atoms with Crippen molar-refractivity contribution < 1.29 is 19.1 Å². The third kappa shape index (κ3) is 1.95. The van der Waals surface area contributed by atoms with Gasteiger partial charge in [0.15, 0.2) is 0 Å². The van der Waals surface area contributed by atoms with Gasteiger partial charge in [-0.3, -0.25) is 14.9 Å². The van der Waals surface area contributed by atoms with Crippen molar-refractivity contribution in [3.63, 3.8) is 0 Å². The number of imide groups is 1. The van der Waals surface area contributed by atoms with Gasteiger partial charge in [0.05, 0.1) is 16.7 Å². The third-order valence-corrected chi connectivity index (χ3v) is 2.94. The topological polar surface area (TPSA) is 72.5 Å². The van der Waals surface area contributed by atoms with Crippen LogP contribution < -0.4 is 10.1 Å². The Kier molecular flexibility index (Phi) is 2.80. The smallest absolute Gasteiger partial charge is 0.343 e. The number of rotatable bonds is 2. The van der Waals surface area contributed by atoms with Crippen LogP contribution in [0.4, 0.5) is 0 Å². The molecule has 0 unspecified atom stereocenters. The van der Waals surface area contributed by atoms with Gasteiger partial charge in [-0.1, -0.05) is 24.3 Å². The van der Waals surface area contributed by atoms with Crippen molar-refractivity contribution in [3.05, 3.63) is 65.2 Å². The number of hydrogen-bond acceptors (Lipinski definition) is 4. The Balaban J connectivity index is 1.96. The Morgan fingerprint density at radius 3 is 2.40 bits per heavy atom. The van der Waals surface area contributed by atoms with Crippen LogP contribution in [0, 0.1) is 0 Å². The van der Waals surface area contributed by atoms with Gasteiger partial charge in [-0.2, -0.15) is 0 Å². The largest absolute Gasteiger partial charge is 0.422 e. The fourth-order valence-corrected chi connectivity index (χ4v) is 2.01. The van der Waals surface area contributed by atoms with E-state index < -0.39 is 17.8 Å². The molecule has 5 nitrogen and oxygen atoms in total.